The minimum Gasteiger partial charge on any atom is -0.390 e. The van der Waals surface area contributed by atoms with Crippen LogP contribution in [0.5, 0.6) is 0 Å². The Hall–Kier alpha value is -0.0400. The van der Waals surface area contributed by atoms with Crippen LogP contribution in [-0.4, -0.2) is 10.7 Å². The van der Waals surface area contributed by atoms with Gasteiger partial charge in [0.25, 0.3) is 0 Å². The van der Waals surface area contributed by atoms with Crippen molar-refractivity contribution in [3.05, 3.63) is 0 Å². The van der Waals surface area contributed by atoms with Crippen LogP contribution in [0, 0.1) is 34.0 Å². The Morgan fingerprint density at radius 2 is 1.57 bits per heavy atom. The van der Waals surface area contributed by atoms with Crippen molar-refractivity contribution in [3.63, 3.8) is 0 Å². The van der Waals surface area contributed by atoms with E-state index in [4.69, 9.17) is 0 Å². The van der Waals surface area contributed by atoms with Crippen molar-refractivity contribution < 1.29 is 5.11 Å². The molecular formula is C20H34O. The Balaban J connectivity index is 1.77. The second-order valence-corrected chi connectivity index (χ2v) is 10.2. The van der Waals surface area contributed by atoms with E-state index in [1.54, 1.807) is 0 Å². The van der Waals surface area contributed by atoms with Crippen molar-refractivity contribution in [1.82, 2.24) is 0 Å². The summed E-state index contributed by atoms with van der Waals surface area (Å²) in [5.41, 5.74) is 1.27. The summed E-state index contributed by atoms with van der Waals surface area (Å²) in [6.45, 7) is 9.87. The Bertz CT molecular complexity index is 451. The van der Waals surface area contributed by atoms with Gasteiger partial charge in [0.05, 0.1) is 5.60 Å². The van der Waals surface area contributed by atoms with Gasteiger partial charge in [-0.1, -0.05) is 27.2 Å². The van der Waals surface area contributed by atoms with Crippen LogP contribution < -0.4 is 0 Å². The third kappa shape index (κ3) is 1.68. The molecule has 2 bridgehead atoms. The topological polar surface area (TPSA) is 20.2 Å². The minimum atomic E-state index is -0.377. The molecule has 0 aliphatic heterocycles. The maximum Gasteiger partial charge on any atom is 0.0650 e. The third-order valence-electron chi connectivity index (χ3n) is 9.04. The zero-order chi connectivity index (χ0) is 15.1. The van der Waals surface area contributed by atoms with Crippen LogP contribution in [0.25, 0.3) is 0 Å². The van der Waals surface area contributed by atoms with E-state index in [0.29, 0.717) is 22.2 Å². The van der Waals surface area contributed by atoms with Crippen molar-refractivity contribution in [3.8, 4) is 0 Å². The van der Waals surface area contributed by atoms with Crippen LogP contribution in [-0.2, 0) is 0 Å². The summed E-state index contributed by atoms with van der Waals surface area (Å²) < 4.78 is 0. The molecule has 0 saturated heterocycles. The molecule has 4 fully saturated rings. The van der Waals surface area contributed by atoms with E-state index < -0.39 is 0 Å². The lowest BCUT2D eigenvalue weighted by Gasteiger charge is -2.67. The van der Waals surface area contributed by atoms with Gasteiger partial charge in [0.2, 0.25) is 0 Å². The molecule has 120 valence electrons. The largest absolute Gasteiger partial charge is 0.390 e. The first-order chi connectivity index (χ1) is 9.71. The van der Waals surface area contributed by atoms with E-state index in [1.807, 2.05) is 0 Å². The van der Waals surface area contributed by atoms with Crippen LogP contribution in [0.2, 0.25) is 0 Å². The van der Waals surface area contributed by atoms with Gasteiger partial charge in [-0.05, 0) is 92.3 Å². The van der Waals surface area contributed by atoms with Crippen molar-refractivity contribution in [2.75, 3.05) is 0 Å². The lowest BCUT2D eigenvalue weighted by atomic mass is 9.38. The summed E-state index contributed by atoms with van der Waals surface area (Å²) in [6.07, 6.45) is 12.2. The maximum atomic E-state index is 10.9. The molecule has 4 saturated carbocycles. The van der Waals surface area contributed by atoms with E-state index in [2.05, 4.69) is 27.7 Å². The quantitative estimate of drug-likeness (QED) is 0.652. The molecule has 0 aromatic carbocycles. The van der Waals surface area contributed by atoms with Crippen molar-refractivity contribution in [2.24, 2.45) is 34.0 Å². The minimum absolute atomic E-state index is 0.377. The Labute approximate surface area is 130 Å². The van der Waals surface area contributed by atoms with E-state index >= 15 is 0 Å². The highest BCUT2D eigenvalue weighted by Gasteiger charge is 2.67. The van der Waals surface area contributed by atoms with Gasteiger partial charge in [0.1, 0.15) is 0 Å². The summed E-state index contributed by atoms with van der Waals surface area (Å²) >= 11 is 0. The molecule has 1 heteroatoms. The molecule has 0 aromatic heterocycles. The molecule has 4 aliphatic rings. The van der Waals surface area contributed by atoms with Crippen molar-refractivity contribution in [2.45, 2.75) is 91.1 Å². The number of fused-ring (bicyclic) bond motifs is 2. The second-order valence-electron chi connectivity index (χ2n) is 10.2. The summed E-state index contributed by atoms with van der Waals surface area (Å²) in [7, 11) is 0. The van der Waals surface area contributed by atoms with Crippen molar-refractivity contribution in [1.29, 1.82) is 0 Å². The molecule has 1 N–H and O–H groups in total. The van der Waals surface area contributed by atoms with Crippen LogP contribution in [0.3, 0.4) is 0 Å². The third-order valence-corrected chi connectivity index (χ3v) is 9.04. The normalized spacial score (nSPS) is 58.4. The SMILES string of the molecule is CC1(C)CCC[C@@]2(C)[C@H]1CC[C@H]1C[C@](C)(O)[C@H]3CC[C@]12C3. The standard InChI is InChI=1S/C20H34O/c1-17(2)9-5-10-18(3)16(17)7-6-15-12-19(4,21)14-8-11-20(15,18)13-14/h14-16,21H,5-13H2,1-4H3/t14-,15-,16-,18-,19-,20-/m0/s1. The van der Waals surface area contributed by atoms with E-state index in [-0.39, 0.29) is 5.60 Å². The first-order valence-electron chi connectivity index (χ1n) is 9.44. The van der Waals surface area contributed by atoms with E-state index in [1.165, 1.54) is 51.4 Å². The summed E-state index contributed by atoms with van der Waals surface area (Å²) in [4.78, 5) is 0. The smallest absolute Gasteiger partial charge is 0.0650 e. The molecule has 4 rings (SSSR count). The van der Waals surface area contributed by atoms with Gasteiger partial charge in [0, 0.05) is 0 Å². The highest BCUT2D eigenvalue weighted by atomic mass is 16.3. The van der Waals surface area contributed by atoms with Crippen LogP contribution in [0.1, 0.15) is 85.5 Å². The molecule has 21 heavy (non-hydrogen) atoms. The predicted molar refractivity (Wildman–Crippen MR) is 87.0 cm³/mol. The molecule has 4 aliphatic carbocycles. The van der Waals surface area contributed by atoms with Crippen LogP contribution in [0.4, 0.5) is 0 Å². The first-order valence-corrected chi connectivity index (χ1v) is 9.44. The Morgan fingerprint density at radius 1 is 0.810 bits per heavy atom. The fourth-order valence-electron chi connectivity index (χ4n) is 8.00. The summed E-state index contributed by atoms with van der Waals surface area (Å²) in [6, 6.07) is 0. The average molecular weight is 290 g/mol. The molecule has 0 amide bonds. The number of rotatable bonds is 0. The first kappa shape index (κ1) is 14.5. The van der Waals surface area contributed by atoms with Gasteiger partial charge in [-0.3, -0.25) is 0 Å². The van der Waals surface area contributed by atoms with Gasteiger partial charge in [-0.2, -0.15) is 0 Å². The van der Waals surface area contributed by atoms with Gasteiger partial charge in [0.15, 0.2) is 0 Å². The van der Waals surface area contributed by atoms with Crippen LogP contribution >= 0.6 is 0 Å². The monoisotopic (exact) mass is 290 g/mol. The highest BCUT2D eigenvalue weighted by Crippen LogP contribution is 2.74. The molecule has 0 aromatic rings. The lowest BCUT2D eigenvalue weighted by molar-refractivity contribution is -0.193. The molecule has 1 spiro atoms. The zero-order valence-electron chi connectivity index (χ0n) is 14.5. The van der Waals surface area contributed by atoms with Gasteiger partial charge in [-0.15, -0.1) is 0 Å². The average Bonchev–Trinajstić information content (AvgIpc) is 2.77. The molecule has 0 unspecified atom stereocenters. The lowest BCUT2D eigenvalue weighted by Crippen LogP contribution is -2.60. The fraction of sp³-hybridized carbons (Fsp3) is 1.00. The zero-order valence-corrected chi connectivity index (χ0v) is 14.5. The predicted octanol–water partition coefficient (Wildman–Crippen LogP) is 5.17. The molecule has 1 nitrogen and oxygen atoms in total. The number of hydrogen-bond donors (Lipinski definition) is 1. The molecule has 0 radical (unpaired) electrons. The molecular weight excluding hydrogens is 256 g/mol. The summed E-state index contributed by atoms with van der Waals surface area (Å²) in [5.74, 6) is 2.28. The van der Waals surface area contributed by atoms with E-state index in [0.717, 1.165) is 18.3 Å². The number of aliphatic hydroxyl groups is 1. The summed E-state index contributed by atoms with van der Waals surface area (Å²) in [5, 5.41) is 10.9. The fourth-order valence-corrected chi connectivity index (χ4v) is 8.00. The van der Waals surface area contributed by atoms with E-state index in [9.17, 15) is 5.11 Å². The van der Waals surface area contributed by atoms with Crippen LogP contribution in [0.15, 0.2) is 0 Å². The Morgan fingerprint density at radius 3 is 2.33 bits per heavy atom. The second kappa shape index (κ2) is 4.08. The van der Waals surface area contributed by atoms with Crippen molar-refractivity contribution >= 4 is 0 Å². The van der Waals surface area contributed by atoms with Gasteiger partial charge >= 0.3 is 0 Å². The molecule has 6 atom stereocenters. The number of hydrogen-bond acceptors (Lipinski definition) is 1. The maximum absolute atomic E-state index is 10.9. The highest BCUT2D eigenvalue weighted by molar-refractivity contribution is 5.17. The Kier molecular flexibility index (Phi) is 2.82. The molecule has 0 heterocycles. The van der Waals surface area contributed by atoms with Gasteiger partial charge < -0.3 is 5.11 Å². The van der Waals surface area contributed by atoms with Gasteiger partial charge in [-0.25, -0.2) is 0 Å².